The average Bonchev–Trinajstić information content (AvgIpc) is 2.95. The van der Waals surface area contributed by atoms with Gasteiger partial charge in [-0.15, -0.1) is 0 Å². The van der Waals surface area contributed by atoms with E-state index in [0.717, 1.165) is 51.0 Å². The first kappa shape index (κ1) is 18.0. The number of nitrogens with zero attached hydrogens (tertiary/aromatic N) is 5. The number of hydrogen-bond acceptors (Lipinski definition) is 4. The number of guanidine groups is 1. The van der Waals surface area contributed by atoms with Crippen LogP contribution in [0.3, 0.4) is 0 Å². The van der Waals surface area contributed by atoms with Crippen molar-refractivity contribution in [1.82, 2.24) is 20.1 Å². The Kier molecular flexibility index (Phi) is 6.91. The van der Waals surface area contributed by atoms with Gasteiger partial charge >= 0.3 is 0 Å². The highest BCUT2D eigenvalue weighted by Crippen LogP contribution is 2.12. The molecule has 0 spiro atoms. The van der Waals surface area contributed by atoms with Gasteiger partial charge < -0.3 is 20.0 Å². The Labute approximate surface area is 151 Å². The smallest absolute Gasteiger partial charge is 0.193 e. The van der Waals surface area contributed by atoms with Crippen molar-refractivity contribution in [3.05, 3.63) is 24.4 Å². The van der Waals surface area contributed by atoms with E-state index in [-0.39, 0.29) is 0 Å². The second-order valence-corrected chi connectivity index (χ2v) is 6.89. The van der Waals surface area contributed by atoms with Crippen molar-refractivity contribution in [3.63, 3.8) is 0 Å². The van der Waals surface area contributed by atoms with E-state index in [1.54, 1.807) is 0 Å². The number of pyridine rings is 1. The first-order valence-electron chi connectivity index (χ1n) is 9.71. The van der Waals surface area contributed by atoms with Crippen molar-refractivity contribution in [1.29, 1.82) is 0 Å². The van der Waals surface area contributed by atoms with Gasteiger partial charge in [-0.05, 0) is 38.1 Å². The van der Waals surface area contributed by atoms with Gasteiger partial charge in [0.25, 0.3) is 0 Å². The van der Waals surface area contributed by atoms with E-state index in [1.165, 1.54) is 38.8 Å². The average molecular weight is 345 g/mol. The van der Waals surface area contributed by atoms with Crippen molar-refractivity contribution in [2.75, 3.05) is 64.3 Å². The Morgan fingerprint density at radius 2 is 1.80 bits per heavy atom. The lowest BCUT2D eigenvalue weighted by atomic mass is 10.2. The molecule has 0 saturated carbocycles. The monoisotopic (exact) mass is 344 g/mol. The molecule has 1 aromatic rings. The second-order valence-electron chi connectivity index (χ2n) is 6.89. The zero-order chi connectivity index (χ0) is 17.3. The molecule has 1 aromatic heterocycles. The third-order valence-electron chi connectivity index (χ3n) is 5.17. The number of aromatic nitrogens is 1. The first-order chi connectivity index (χ1) is 12.4. The maximum Gasteiger partial charge on any atom is 0.193 e. The zero-order valence-electron chi connectivity index (χ0n) is 15.5. The fraction of sp³-hybridized carbons (Fsp3) is 0.684. The molecule has 0 unspecified atom stereocenters. The summed E-state index contributed by atoms with van der Waals surface area (Å²) >= 11 is 0. The van der Waals surface area contributed by atoms with Crippen LogP contribution in [0.2, 0.25) is 0 Å². The van der Waals surface area contributed by atoms with Gasteiger partial charge in [-0.3, -0.25) is 4.99 Å². The highest BCUT2D eigenvalue weighted by Gasteiger charge is 2.20. The van der Waals surface area contributed by atoms with Gasteiger partial charge in [0.15, 0.2) is 5.96 Å². The summed E-state index contributed by atoms with van der Waals surface area (Å²) in [5.74, 6) is 2.11. The zero-order valence-corrected chi connectivity index (χ0v) is 15.5. The third kappa shape index (κ3) is 5.33. The van der Waals surface area contributed by atoms with Crippen LogP contribution < -0.4 is 10.2 Å². The number of anilines is 1. The van der Waals surface area contributed by atoms with Crippen LogP contribution in [0, 0.1) is 0 Å². The van der Waals surface area contributed by atoms with Crippen LogP contribution >= 0.6 is 0 Å². The van der Waals surface area contributed by atoms with Crippen LogP contribution in [0.4, 0.5) is 5.82 Å². The van der Waals surface area contributed by atoms with Crippen molar-refractivity contribution in [2.24, 2.45) is 4.99 Å². The molecule has 0 atom stereocenters. The summed E-state index contributed by atoms with van der Waals surface area (Å²) in [5.41, 5.74) is 0. The molecule has 2 saturated heterocycles. The molecule has 2 fully saturated rings. The lowest BCUT2D eigenvalue weighted by molar-refractivity contribution is 0.286. The number of piperazine rings is 1. The molecule has 3 heterocycles. The van der Waals surface area contributed by atoms with Gasteiger partial charge in [-0.25, -0.2) is 4.98 Å². The lowest BCUT2D eigenvalue weighted by Gasteiger charge is -2.37. The molecule has 6 nitrogen and oxygen atoms in total. The molecule has 25 heavy (non-hydrogen) atoms. The fourth-order valence-electron chi connectivity index (χ4n) is 3.71. The SMILES string of the molecule is CN=C(NCCN1CCCCCC1)N1CCN(c2ccccn2)CC1. The maximum absolute atomic E-state index is 4.49. The number of hydrogen-bond donors (Lipinski definition) is 1. The molecular weight excluding hydrogens is 312 g/mol. The van der Waals surface area contributed by atoms with Crippen LogP contribution in [0.5, 0.6) is 0 Å². The highest BCUT2D eigenvalue weighted by atomic mass is 15.4. The summed E-state index contributed by atoms with van der Waals surface area (Å²) in [6, 6.07) is 6.11. The molecular formula is C19H32N6. The normalized spacial score (nSPS) is 20.4. The van der Waals surface area contributed by atoms with E-state index in [1.807, 2.05) is 19.3 Å². The van der Waals surface area contributed by atoms with Crippen LogP contribution in [-0.4, -0.2) is 80.1 Å². The van der Waals surface area contributed by atoms with Crippen molar-refractivity contribution in [2.45, 2.75) is 25.7 Å². The summed E-state index contributed by atoms with van der Waals surface area (Å²) < 4.78 is 0. The Morgan fingerprint density at radius 1 is 1.04 bits per heavy atom. The van der Waals surface area contributed by atoms with E-state index in [9.17, 15) is 0 Å². The summed E-state index contributed by atoms with van der Waals surface area (Å²) in [4.78, 5) is 16.2. The number of nitrogens with one attached hydrogen (secondary N) is 1. The molecule has 6 heteroatoms. The maximum atomic E-state index is 4.49. The highest BCUT2D eigenvalue weighted by molar-refractivity contribution is 5.80. The van der Waals surface area contributed by atoms with Crippen molar-refractivity contribution in [3.8, 4) is 0 Å². The van der Waals surface area contributed by atoms with Crippen LogP contribution in [0.25, 0.3) is 0 Å². The molecule has 2 aliphatic rings. The standard InChI is InChI=1S/C19H32N6/c1-20-19(22-10-13-23-11-6-2-3-7-12-23)25-16-14-24(15-17-25)18-8-4-5-9-21-18/h4-5,8-9H,2-3,6-7,10-17H2,1H3,(H,20,22). The van der Waals surface area contributed by atoms with E-state index in [4.69, 9.17) is 0 Å². The number of rotatable bonds is 4. The Hall–Kier alpha value is -1.82. The van der Waals surface area contributed by atoms with Crippen molar-refractivity contribution >= 4 is 11.8 Å². The minimum absolute atomic E-state index is 0.979. The predicted octanol–water partition coefficient (Wildman–Crippen LogP) is 1.66. The molecule has 0 radical (unpaired) electrons. The minimum atomic E-state index is 0.979. The number of aliphatic imine (C=N–C) groups is 1. The molecule has 2 aliphatic heterocycles. The van der Waals surface area contributed by atoms with Gasteiger partial charge in [-0.1, -0.05) is 18.9 Å². The summed E-state index contributed by atoms with van der Waals surface area (Å²) in [6.07, 6.45) is 7.36. The quantitative estimate of drug-likeness (QED) is 0.665. The molecule has 0 amide bonds. The molecule has 0 bridgehead atoms. The molecule has 0 aliphatic carbocycles. The van der Waals surface area contributed by atoms with Gasteiger partial charge in [0.05, 0.1) is 0 Å². The van der Waals surface area contributed by atoms with E-state index >= 15 is 0 Å². The van der Waals surface area contributed by atoms with E-state index in [0.29, 0.717) is 0 Å². The topological polar surface area (TPSA) is 47.0 Å². The summed E-state index contributed by atoms with van der Waals surface area (Å²) in [5, 5.41) is 3.56. The summed E-state index contributed by atoms with van der Waals surface area (Å²) in [7, 11) is 1.89. The van der Waals surface area contributed by atoms with Gasteiger partial charge in [-0.2, -0.15) is 0 Å². The van der Waals surface area contributed by atoms with Crippen molar-refractivity contribution < 1.29 is 0 Å². The van der Waals surface area contributed by atoms with Gasteiger partial charge in [0.1, 0.15) is 5.82 Å². The van der Waals surface area contributed by atoms with Crippen LogP contribution in [0.15, 0.2) is 29.4 Å². The molecule has 0 aromatic carbocycles. The summed E-state index contributed by atoms with van der Waals surface area (Å²) in [6.45, 7) is 8.56. The van der Waals surface area contributed by atoms with Crippen LogP contribution in [-0.2, 0) is 0 Å². The van der Waals surface area contributed by atoms with Crippen LogP contribution in [0.1, 0.15) is 25.7 Å². The molecule has 1 N–H and O–H groups in total. The Balaban J connectivity index is 1.41. The second kappa shape index (κ2) is 9.61. The Morgan fingerprint density at radius 3 is 2.44 bits per heavy atom. The first-order valence-corrected chi connectivity index (χ1v) is 9.71. The molecule has 3 rings (SSSR count). The van der Waals surface area contributed by atoms with Gasteiger partial charge in [0.2, 0.25) is 0 Å². The van der Waals surface area contributed by atoms with E-state index in [2.05, 4.69) is 42.1 Å². The predicted molar refractivity (Wildman–Crippen MR) is 104 cm³/mol. The molecule has 138 valence electrons. The fourth-order valence-corrected chi connectivity index (χ4v) is 3.71. The lowest BCUT2D eigenvalue weighted by Crippen LogP contribution is -2.53. The third-order valence-corrected chi connectivity index (χ3v) is 5.17. The van der Waals surface area contributed by atoms with Gasteiger partial charge in [0, 0.05) is 52.5 Å². The Bertz CT molecular complexity index is 516. The minimum Gasteiger partial charge on any atom is -0.355 e. The van der Waals surface area contributed by atoms with E-state index < -0.39 is 0 Å². The number of likely N-dealkylation sites (tertiary alicyclic amines) is 1. The largest absolute Gasteiger partial charge is 0.355 e.